The number of hydrogen-bond acceptors (Lipinski definition) is 5. The number of halogens is 3. The van der Waals surface area contributed by atoms with Gasteiger partial charge in [-0.25, -0.2) is 8.42 Å². The summed E-state index contributed by atoms with van der Waals surface area (Å²) < 4.78 is 35.2. The summed E-state index contributed by atoms with van der Waals surface area (Å²) in [5.41, 5.74) is 2.42. The first-order valence-electron chi connectivity index (χ1n) is 13.9. The zero-order valence-corrected chi connectivity index (χ0v) is 28.8. The first-order chi connectivity index (χ1) is 21.5. The summed E-state index contributed by atoms with van der Waals surface area (Å²) >= 11 is 16.4. The summed E-state index contributed by atoms with van der Waals surface area (Å²) in [5.74, 6) is -0.615. The molecule has 1 N–H and O–H groups in total. The molecule has 0 aromatic heterocycles. The van der Waals surface area contributed by atoms with Gasteiger partial charge in [-0.05, 0) is 70.9 Å². The maximum atomic E-state index is 14.4. The molecule has 0 aliphatic carbocycles. The number of benzene rings is 4. The number of carbonyl (C=O) groups is 2. The third-order valence-electron chi connectivity index (χ3n) is 7.22. The number of methoxy groups -OCH3 is 1. The molecule has 236 valence electrons. The lowest BCUT2D eigenvalue weighted by molar-refractivity contribution is -0.139. The summed E-state index contributed by atoms with van der Waals surface area (Å²) in [5, 5.41) is 3.27. The van der Waals surface area contributed by atoms with Gasteiger partial charge in [0.05, 0.1) is 22.2 Å². The van der Waals surface area contributed by atoms with Crippen LogP contribution in [0, 0.1) is 6.92 Å². The Labute approximate surface area is 282 Å². The Morgan fingerprint density at radius 3 is 2.16 bits per heavy atom. The van der Waals surface area contributed by atoms with E-state index in [9.17, 15) is 18.0 Å². The Hall–Kier alpha value is -3.57. The Balaban J connectivity index is 1.83. The molecular weight excluding hydrogens is 701 g/mol. The van der Waals surface area contributed by atoms with Crippen molar-refractivity contribution in [3.63, 3.8) is 0 Å². The number of anilines is 1. The average molecular weight is 734 g/mol. The lowest BCUT2D eigenvalue weighted by atomic mass is 10.0. The Bertz CT molecular complexity index is 1750. The van der Waals surface area contributed by atoms with Gasteiger partial charge in [-0.1, -0.05) is 77.3 Å². The number of aryl methyl sites for hydroxylation is 1. The fraction of sp³-hybridized carbons (Fsp3) is 0.212. The van der Waals surface area contributed by atoms with E-state index in [-0.39, 0.29) is 23.5 Å². The van der Waals surface area contributed by atoms with E-state index in [1.54, 1.807) is 42.5 Å². The SMILES string of the molecule is CNC(=O)[C@H](Cc1ccccc1)N(Cc1c(Cl)cccc1Cl)C(=O)CN(c1ccc(C)cc1)S(=O)(=O)c1ccc(OC)c(Br)c1. The van der Waals surface area contributed by atoms with Gasteiger partial charge in [0, 0.05) is 35.6 Å². The highest BCUT2D eigenvalue weighted by molar-refractivity contribution is 9.10. The molecule has 0 radical (unpaired) electrons. The highest BCUT2D eigenvalue weighted by Gasteiger charge is 2.35. The lowest BCUT2D eigenvalue weighted by Gasteiger charge is -2.34. The summed E-state index contributed by atoms with van der Waals surface area (Å²) in [4.78, 5) is 29.1. The monoisotopic (exact) mass is 731 g/mol. The minimum absolute atomic E-state index is 0.0589. The van der Waals surface area contributed by atoms with Crippen LogP contribution in [0.25, 0.3) is 0 Å². The number of carbonyl (C=O) groups excluding carboxylic acids is 2. The van der Waals surface area contributed by atoms with Crippen molar-refractivity contribution in [3.8, 4) is 5.75 Å². The Morgan fingerprint density at radius 1 is 0.933 bits per heavy atom. The van der Waals surface area contributed by atoms with Crippen LogP contribution in [0.5, 0.6) is 5.75 Å². The van der Waals surface area contributed by atoms with Gasteiger partial charge in [0.2, 0.25) is 11.8 Å². The van der Waals surface area contributed by atoms with E-state index in [4.69, 9.17) is 27.9 Å². The quantitative estimate of drug-likeness (QED) is 0.176. The molecule has 4 aromatic rings. The van der Waals surface area contributed by atoms with Gasteiger partial charge in [-0.3, -0.25) is 13.9 Å². The molecule has 0 aliphatic heterocycles. The van der Waals surface area contributed by atoms with E-state index < -0.39 is 34.4 Å². The van der Waals surface area contributed by atoms with Crippen LogP contribution in [0.4, 0.5) is 5.69 Å². The van der Waals surface area contributed by atoms with Crippen LogP contribution >= 0.6 is 39.1 Å². The second-order valence-electron chi connectivity index (χ2n) is 10.2. The van der Waals surface area contributed by atoms with Gasteiger partial charge >= 0.3 is 0 Å². The molecule has 0 saturated carbocycles. The van der Waals surface area contributed by atoms with E-state index in [0.717, 1.165) is 15.4 Å². The minimum atomic E-state index is -4.30. The molecule has 4 rings (SSSR count). The first kappa shape index (κ1) is 34.3. The third kappa shape index (κ3) is 8.18. The van der Waals surface area contributed by atoms with Gasteiger partial charge in [0.15, 0.2) is 0 Å². The molecular formula is C33H32BrCl2N3O5S. The van der Waals surface area contributed by atoms with E-state index in [2.05, 4.69) is 21.2 Å². The first-order valence-corrected chi connectivity index (χ1v) is 16.9. The van der Waals surface area contributed by atoms with E-state index in [0.29, 0.717) is 25.8 Å². The van der Waals surface area contributed by atoms with Crippen molar-refractivity contribution < 1.29 is 22.7 Å². The van der Waals surface area contributed by atoms with Gasteiger partial charge < -0.3 is 15.0 Å². The summed E-state index contributed by atoms with van der Waals surface area (Å²) in [6.45, 7) is 1.12. The number of sulfonamides is 1. The zero-order chi connectivity index (χ0) is 32.7. The molecule has 8 nitrogen and oxygen atoms in total. The predicted molar refractivity (Wildman–Crippen MR) is 181 cm³/mol. The molecule has 0 bridgehead atoms. The van der Waals surface area contributed by atoms with Crippen LogP contribution in [0.15, 0.2) is 100 Å². The number of ether oxygens (including phenoxy) is 1. The topological polar surface area (TPSA) is 96.0 Å². The van der Waals surface area contributed by atoms with Crippen molar-refractivity contribution in [3.05, 3.63) is 122 Å². The molecule has 0 fully saturated rings. The number of nitrogens with one attached hydrogen (secondary N) is 1. The van der Waals surface area contributed by atoms with Crippen molar-refractivity contribution in [2.24, 2.45) is 0 Å². The van der Waals surface area contributed by atoms with Gasteiger partial charge in [0.25, 0.3) is 10.0 Å². The molecule has 45 heavy (non-hydrogen) atoms. The molecule has 0 aliphatic rings. The van der Waals surface area contributed by atoms with Crippen molar-refractivity contribution in [1.82, 2.24) is 10.2 Å². The van der Waals surface area contributed by atoms with Crippen molar-refractivity contribution in [2.45, 2.75) is 30.8 Å². The zero-order valence-electron chi connectivity index (χ0n) is 24.8. The normalized spacial score (nSPS) is 11.9. The number of hydrogen-bond donors (Lipinski definition) is 1. The van der Waals surface area contributed by atoms with Crippen LogP contribution in [0.3, 0.4) is 0 Å². The van der Waals surface area contributed by atoms with E-state index in [1.165, 1.54) is 37.3 Å². The standard InChI is InChI=1S/C33H32BrCl2N3O5S/c1-22-12-14-24(15-13-22)39(45(42,43)25-16-17-31(44-3)27(34)19-25)21-32(40)38(20-26-28(35)10-7-11-29(26)36)30(33(41)37-2)18-23-8-5-4-6-9-23/h4-17,19,30H,18,20-21H2,1-3H3,(H,37,41)/t30-/m0/s1. The van der Waals surface area contributed by atoms with E-state index in [1.807, 2.05) is 37.3 Å². The third-order valence-corrected chi connectivity index (χ3v) is 10.3. The maximum absolute atomic E-state index is 14.4. The highest BCUT2D eigenvalue weighted by atomic mass is 79.9. The number of likely N-dealkylation sites (N-methyl/N-ethyl adjacent to an activating group) is 1. The number of rotatable bonds is 12. The molecule has 0 unspecified atom stereocenters. The van der Waals surface area contributed by atoms with Crippen LogP contribution < -0.4 is 14.4 Å². The lowest BCUT2D eigenvalue weighted by Crippen LogP contribution is -2.53. The van der Waals surface area contributed by atoms with Crippen molar-refractivity contribution in [2.75, 3.05) is 25.0 Å². The fourth-order valence-electron chi connectivity index (χ4n) is 4.75. The summed E-state index contributed by atoms with van der Waals surface area (Å²) in [6.07, 6.45) is 0.164. The number of amides is 2. The summed E-state index contributed by atoms with van der Waals surface area (Å²) in [7, 11) is -1.34. The molecule has 2 amide bonds. The van der Waals surface area contributed by atoms with E-state index >= 15 is 0 Å². The second-order valence-corrected chi connectivity index (χ2v) is 13.7. The van der Waals surface area contributed by atoms with Gasteiger partial charge in [-0.2, -0.15) is 0 Å². The molecule has 4 aromatic carbocycles. The molecule has 0 spiro atoms. The largest absolute Gasteiger partial charge is 0.496 e. The van der Waals surface area contributed by atoms with Crippen molar-refractivity contribution in [1.29, 1.82) is 0 Å². The number of nitrogens with zero attached hydrogens (tertiary/aromatic N) is 2. The molecule has 0 saturated heterocycles. The Morgan fingerprint density at radius 2 is 1.58 bits per heavy atom. The molecule has 1 atom stereocenters. The predicted octanol–water partition coefficient (Wildman–Crippen LogP) is 6.65. The average Bonchev–Trinajstić information content (AvgIpc) is 3.03. The molecule has 12 heteroatoms. The fourth-order valence-corrected chi connectivity index (χ4v) is 7.40. The van der Waals surface area contributed by atoms with Crippen LogP contribution in [0.2, 0.25) is 10.0 Å². The van der Waals surface area contributed by atoms with Crippen molar-refractivity contribution >= 4 is 66.7 Å². The van der Waals surface area contributed by atoms with Gasteiger partial charge in [-0.15, -0.1) is 0 Å². The highest BCUT2D eigenvalue weighted by Crippen LogP contribution is 2.32. The minimum Gasteiger partial charge on any atom is -0.496 e. The summed E-state index contributed by atoms with van der Waals surface area (Å²) in [6, 6.07) is 24.3. The van der Waals surface area contributed by atoms with Gasteiger partial charge in [0.1, 0.15) is 18.3 Å². The van der Waals surface area contributed by atoms with Crippen LogP contribution in [0.1, 0.15) is 16.7 Å². The molecule has 0 heterocycles. The second kappa shape index (κ2) is 15.1. The Kier molecular flexibility index (Phi) is 11.5. The smallest absolute Gasteiger partial charge is 0.264 e. The maximum Gasteiger partial charge on any atom is 0.264 e. The van der Waals surface area contributed by atoms with Crippen LogP contribution in [-0.4, -0.2) is 51.9 Å². The van der Waals surface area contributed by atoms with Crippen LogP contribution in [-0.2, 0) is 32.6 Å².